The molecule has 130 valence electrons. The molecule has 1 fully saturated rings. The van der Waals surface area contributed by atoms with Crippen LogP contribution >= 0.6 is 0 Å². The summed E-state index contributed by atoms with van der Waals surface area (Å²) in [7, 11) is 2.16. The highest BCUT2D eigenvalue weighted by Gasteiger charge is 2.25. The number of hydrogen-bond donors (Lipinski definition) is 1. The second kappa shape index (κ2) is 6.84. The standard InChI is InChI=1S/C20H24N4O/c1-23-11-9-17(10-12-23)22-19-7-6-16(14-21-19)20(25)24-13-8-15-4-2-3-5-18(15)24/h2-7,14,17H,8-13H2,1H3,(H,21,22). The van der Waals surface area contributed by atoms with Crippen LogP contribution in [0, 0.1) is 0 Å². The first-order chi connectivity index (χ1) is 12.2. The van der Waals surface area contributed by atoms with E-state index in [0.717, 1.165) is 50.4 Å². The van der Waals surface area contributed by atoms with E-state index in [-0.39, 0.29) is 5.91 Å². The fourth-order valence-corrected chi connectivity index (χ4v) is 3.67. The Bertz CT molecular complexity index is 751. The van der Waals surface area contributed by atoms with Crippen LogP contribution in [0.25, 0.3) is 0 Å². The molecular weight excluding hydrogens is 312 g/mol. The molecule has 0 saturated carbocycles. The predicted octanol–water partition coefficient (Wildman–Crippen LogP) is 2.79. The largest absolute Gasteiger partial charge is 0.367 e. The molecule has 1 saturated heterocycles. The number of amides is 1. The van der Waals surface area contributed by atoms with Gasteiger partial charge < -0.3 is 15.1 Å². The van der Waals surface area contributed by atoms with Crippen molar-refractivity contribution in [1.29, 1.82) is 0 Å². The van der Waals surface area contributed by atoms with Gasteiger partial charge in [-0.15, -0.1) is 0 Å². The Balaban J connectivity index is 1.43. The van der Waals surface area contributed by atoms with Gasteiger partial charge in [0.15, 0.2) is 0 Å². The number of fused-ring (bicyclic) bond motifs is 1. The normalized spacial score (nSPS) is 18.2. The molecule has 5 nitrogen and oxygen atoms in total. The van der Waals surface area contributed by atoms with Crippen LogP contribution in [0.4, 0.5) is 11.5 Å². The number of para-hydroxylation sites is 1. The monoisotopic (exact) mass is 336 g/mol. The molecule has 2 aromatic rings. The number of nitrogens with zero attached hydrogens (tertiary/aromatic N) is 3. The minimum Gasteiger partial charge on any atom is -0.367 e. The lowest BCUT2D eigenvalue weighted by molar-refractivity contribution is 0.0989. The Labute approximate surface area is 148 Å². The van der Waals surface area contributed by atoms with Gasteiger partial charge >= 0.3 is 0 Å². The fourth-order valence-electron chi connectivity index (χ4n) is 3.67. The molecule has 5 heteroatoms. The van der Waals surface area contributed by atoms with E-state index in [1.807, 2.05) is 35.2 Å². The van der Waals surface area contributed by atoms with E-state index in [2.05, 4.69) is 28.3 Å². The van der Waals surface area contributed by atoms with Crippen LogP contribution in [0.5, 0.6) is 0 Å². The van der Waals surface area contributed by atoms with E-state index in [4.69, 9.17) is 0 Å². The molecule has 1 aromatic carbocycles. The van der Waals surface area contributed by atoms with Crippen LogP contribution in [0.1, 0.15) is 28.8 Å². The molecule has 2 aliphatic rings. The summed E-state index contributed by atoms with van der Waals surface area (Å²) in [4.78, 5) is 21.5. The first kappa shape index (κ1) is 16.1. The Morgan fingerprint density at radius 1 is 1.12 bits per heavy atom. The first-order valence-corrected chi connectivity index (χ1v) is 9.01. The molecule has 1 aromatic heterocycles. The summed E-state index contributed by atoms with van der Waals surface area (Å²) in [6, 6.07) is 12.4. The summed E-state index contributed by atoms with van der Waals surface area (Å²) < 4.78 is 0. The van der Waals surface area contributed by atoms with E-state index in [9.17, 15) is 4.79 Å². The predicted molar refractivity (Wildman–Crippen MR) is 100 cm³/mol. The summed E-state index contributed by atoms with van der Waals surface area (Å²) in [6.07, 6.45) is 4.87. The second-order valence-electron chi connectivity index (χ2n) is 6.99. The number of benzene rings is 1. The Hall–Kier alpha value is -2.40. The number of nitrogens with one attached hydrogen (secondary N) is 1. The van der Waals surface area contributed by atoms with E-state index >= 15 is 0 Å². The summed E-state index contributed by atoms with van der Waals surface area (Å²) in [5.74, 6) is 0.885. The third-order valence-electron chi connectivity index (χ3n) is 5.21. The van der Waals surface area contributed by atoms with Crippen molar-refractivity contribution in [2.24, 2.45) is 0 Å². The Morgan fingerprint density at radius 3 is 2.68 bits per heavy atom. The molecule has 0 aliphatic carbocycles. The van der Waals surface area contributed by atoms with Crippen molar-refractivity contribution >= 4 is 17.4 Å². The molecular formula is C20H24N4O. The molecule has 2 aliphatic heterocycles. The first-order valence-electron chi connectivity index (χ1n) is 9.01. The molecule has 0 unspecified atom stereocenters. The topological polar surface area (TPSA) is 48.5 Å². The summed E-state index contributed by atoms with van der Waals surface area (Å²) >= 11 is 0. The number of likely N-dealkylation sites (tertiary alicyclic amines) is 1. The van der Waals surface area contributed by atoms with Gasteiger partial charge in [0, 0.05) is 24.5 Å². The van der Waals surface area contributed by atoms with Crippen molar-refractivity contribution in [3.63, 3.8) is 0 Å². The fraction of sp³-hybridized carbons (Fsp3) is 0.400. The van der Waals surface area contributed by atoms with Gasteiger partial charge in [-0.3, -0.25) is 4.79 Å². The van der Waals surface area contributed by atoms with Crippen LogP contribution in [-0.4, -0.2) is 48.5 Å². The maximum atomic E-state index is 12.8. The molecule has 0 radical (unpaired) electrons. The van der Waals surface area contributed by atoms with Crippen molar-refractivity contribution in [2.75, 3.05) is 36.9 Å². The highest BCUT2D eigenvalue weighted by atomic mass is 16.2. The van der Waals surface area contributed by atoms with E-state index in [0.29, 0.717) is 11.6 Å². The smallest absolute Gasteiger partial charge is 0.259 e. The summed E-state index contributed by atoms with van der Waals surface area (Å²) in [5, 5.41) is 3.49. The van der Waals surface area contributed by atoms with Crippen molar-refractivity contribution in [2.45, 2.75) is 25.3 Å². The number of carbonyl (C=O) groups excluding carboxylic acids is 1. The number of carbonyl (C=O) groups is 1. The molecule has 0 spiro atoms. The van der Waals surface area contributed by atoms with Crippen LogP contribution in [-0.2, 0) is 6.42 Å². The van der Waals surface area contributed by atoms with Crippen LogP contribution in [0.3, 0.4) is 0 Å². The van der Waals surface area contributed by atoms with Gasteiger partial charge in [-0.1, -0.05) is 18.2 Å². The number of anilines is 2. The Kier molecular flexibility index (Phi) is 4.40. The average Bonchev–Trinajstić information content (AvgIpc) is 3.08. The number of hydrogen-bond acceptors (Lipinski definition) is 4. The average molecular weight is 336 g/mol. The molecule has 25 heavy (non-hydrogen) atoms. The van der Waals surface area contributed by atoms with Gasteiger partial charge in [-0.2, -0.15) is 0 Å². The lowest BCUT2D eigenvalue weighted by atomic mass is 10.1. The highest BCUT2D eigenvalue weighted by Crippen LogP contribution is 2.28. The van der Waals surface area contributed by atoms with Crippen LogP contribution in [0.2, 0.25) is 0 Å². The van der Waals surface area contributed by atoms with E-state index < -0.39 is 0 Å². The second-order valence-corrected chi connectivity index (χ2v) is 6.99. The van der Waals surface area contributed by atoms with E-state index in [1.54, 1.807) is 6.20 Å². The van der Waals surface area contributed by atoms with Crippen molar-refractivity contribution in [3.05, 3.63) is 53.7 Å². The summed E-state index contributed by atoms with van der Waals surface area (Å²) in [5.41, 5.74) is 2.91. The third-order valence-corrected chi connectivity index (χ3v) is 5.21. The van der Waals surface area contributed by atoms with Gasteiger partial charge in [0.2, 0.25) is 0 Å². The van der Waals surface area contributed by atoms with E-state index in [1.165, 1.54) is 5.56 Å². The maximum absolute atomic E-state index is 12.8. The lowest BCUT2D eigenvalue weighted by Gasteiger charge is -2.29. The number of pyridine rings is 1. The van der Waals surface area contributed by atoms with Crippen molar-refractivity contribution in [1.82, 2.24) is 9.88 Å². The number of aromatic nitrogens is 1. The molecule has 3 heterocycles. The van der Waals surface area contributed by atoms with Gasteiger partial charge in [0.1, 0.15) is 5.82 Å². The van der Waals surface area contributed by atoms with Crippen molar-refractivity contribution < 1.29 is 4.79 Å². The highest BCUT2D eigenvalue weighted by molar-refractivity contribution is 6.07. The van der Waals surface area contributed by atoms with Gasteiger partial charge in [0.25, 0.3) is 5.91 Å². The zero-order valence-electron chi connectivity index (χ0n) is 14.6. The molecule has 4 rings (SSSR count). The maximum Gasteiger partial charge on any atom is 0.259 e. The van der Waals surface area contributed by atoms with Crippen LogP contribution < -0.4 is 10.2 Å². The molecule has 1 N–H and O–H groups in total. The minimum absolute atomic E-state index is 0.0308. The van der Waals surface area contributed by atoms with Gasteiger partial charge in [-0.05, 0) is 63.2 Å². The molecule has 0 atom stereocenters. The zero-order chi connectivity index (χ0) is 17.2. The van der Waals surface area contributed by atoms with Crippen molar-refractivity contribution in [3.8, 4) is 0 Å². The quantitative estimate of drug-likeness (QED) is 0.936. The Morgan fingerprint density at radius 2 is 1.92 bits per heavy atom. The minimum atomic E-state index is 0.0308. The SMILES string of the molecule is CN1CCC(Nc2ccc(C(=O)N3CCc4ccccc43)cn2)CC1. The summed E-state index contributed by atoms with van der Waals surface area (Å²) in [6.45, 7) is 2.97. The zero-order valence-corrected chi connectivity index (χ0v) is 14.6. The molecule has 1 amide bonds. The lowest BCUT2D eigenvalue weighted by Crippen LogP contribution is -2.36. The molecule has 0 bridgehead atoms. The third kappa shape index (κ3) is 3.37. The van der Waals surface area contributed by atoms with Gasteiger partial charge in [-0.25, -0.2) is 4.98 Å². The van der Waals surface area contributed by atoms with Crippen LogP contribution in [0.15, 0.2) is 42.6 Å². The van der Waals surface area contributed by atoms with Gasteiger partial charge in [0.05, 0.1) is 5.56 Å². The number of piperidine rings is 1. The number of rotatable bonds is 3.